The highest BCUT2D eigenvalue weighted by molar-refractivity contribution is 6.03. The first kappa shape index (κ1) is 30.2. The molecule has 0 radical (unpaired) electrons. The number of carbonyl (C=O) groups excluding carboxylic acids is 2. The van der Waals surface area contributed by atoms with Gasteiger partial charge in [-0.2, -0.15) is 4.99 Å². The van der Waals surface area contributed by atoms with Crippen molar-refractivity contribution in [3.63, 3.8) is 0 Å². The summed E-state index contributed by atoms with van der Waals surface area (Å²) < 4.78 is 42.1. The van der Waals surface area contributed by atoms with E-state index in [1.165, 1.54) is 54.0 Å². The van der Waals surface area contributed by atoms with Crippen molar-refractivity contribution >= 4 is 29.3 Å². The van der Waals surface area contributed by atoms with Crippen LogP contribution in [0, 0.1) is 5.92 Å². The predicted octanol–water partition coefficient (Wildman–Crippen LogP) is 5.78. The number of alkyl halides is 3. The molecular weight excluding hydrogens is 549 g/mol. The molecular formula is C30H32F3N6O3+. The Kier molecular flexibility index (Phi) is 9.56. The van der Waals surface area contributed by atoms with Gasteiger partial charge in [0.25, 0.3) is 11.9 Å². The summed E-state index contributed by atoms with van der Waals surface area (Å²) >= 11 is 0. The van der Waals surface area contributed by atoms with Gasteiger partial charge in [0.15, 0.2) is 0 Å². The van der Waals surface area contributed by atoms with Crippen molar-refractivity contribution in [3.8, 4) is 5.75 Å². The van der Waals surface area contributed by atoms with Crippen LogP contribution in [-0.4, -0.2) is 24.3 Å². The number of urea groups is 1. The Morgan fingerprint density at radius 2 is 1.74 bits per heavy atom. The minimum atomic E-state index is -4.87. The highest BCUT2D eigenvalue weighted by Gasteiger charge is 2.31. The van der Waals surface area contributed by atoms with Crippen LogP contribution in [0.4, 0.5) is 29.3 Å². The van der Waals surface area contributed by atoms with E-state index in [4.69, 9.17) is 11.3 Å². The zero-order valence-corrected chi connectivity index (χ0v) is 23.0. The van der Waals surface area contributed by atoms with Gasteiger partial charge < -0.3 is 15.8 Å². The van der Waals surface area contributed by atoms with Crippen LogP contribution < -0.4 is 26.2 Å². The average Bonchev–Trinajstić information content (AvgIpc) is 2.96. The van der Waals surface area contributed by atoms with Crippen molar-refractivity contribution in [1.29, 1.82) is 0 Å². The summed E-state index contributed by atoms with van der Waals surface area (Å²) in [5.74, 6) is -0.433. The Balaban J connectivity index is 1.59. The van der Waals surface area contributed by atoms with Gasteiger partial charge in [-0.15, -0.1) is 18.7 Å². The molecule has 5 N–H and O–H groups in total. The van der Waals surface area contributed by atoms with Gasteiger partial charge in [-0.1, -0.05) is 56.5 Å². The lowest BCUT2D eigenvalue weighted by Crippen LogP contribution is -2.34. The number of anilines is 2. The number of hydrogen-bond acceptors (Lipinski definition) is 3. The number of nitrogens with zero attached hydrogens (tertiary/aromatic N) is 3. The van der Waals surface area contributed by atoms with Crippen LogP contribution in [0.1, 0.15) is 60.0 Å². The van der Waals surface area contributed by atoms with Crippen LogP contribution in [0.25, 0.3) is 0 Å². The summed E-state index contributed by atoms with van der Waals surface area (Å²) in [4.78, 5) is 30.8. The van der Waals surface area contributed by atoms with Crippen molar-refractivity contribution in [2.24, 2.45) is 21.8 Å². The summed E-state index contributed by atoms with van der Waals surface area (Å²) in [5.41, 5.74) is 13.3. The number of ether oxygens (including phenoxy) is 1. The number of aliphatic imine (C=N–C) groups is 1. The van der Waals surface area contributed by atoms with E-state index in [9.17, 15) is 22.8 Å². The van der Waals surface area contributed by atoms with E-state index in [-0.39, 0.29) is 23.8 Å². The fraction of sp³-hybridized carbons (Fsp3) is 0.300. The maximum atomic E-state index is 13.5. The molecule has 0 bridgehead atoms. The number of rotatable bonds is 7. The molecule has 0 aliphatic heterocycles. The highest BCUT2D eigenvalue weighted by Crippen LogP contribution is 2.38. The van der Waals surface area contributed by atoms with Gasteiger partial charge in [-0.3, -0.25) is 9.69 Å². The molecule has 0 saturated heterocycles. The average molecular weight is 582 g/mol. The number of hydrogen-bond donors (Lipinski definition) is 3. The maximum absolute atomic E-state index is 13.5. The van der Waals surface area contributed by atoms with Crippen molar-refractivity contribution in [2.75, 3.05) is 10.2 Å². The second kappa shape index (κ2) is 13.3. The minimum Gasteiger partial charge on any atom is -0.406 e. The SMILES string of the molecule is CC1CCCCC1c1ccc(N(Cc2ccc(C(=O)N=C(N)N=[NH2+])cc2)C(=O)Nc2cccc(OC(F)(F)F)c2)cc1. The van der Waals surface area contributed by atoms with Crippen molar-refractivity contribution in [2.45, 2.75) is 51.4 Å². The number of carbonyl (C=O) groups is 2. The normalized spacial score (nSPS) is 17.3. The second-order valence-electron chi connectivity index (χ2n) is 10.2. The molecule has 12 heteroatoms. The van der Waals surface area contributed by atoms with Crippen LogP contribution in [-0.2, 0) is 6.54 Å². The zero-order valence-electron chi connectivity index (χ0n) is 23.0. The lowest BCUT2D eigenvalue weighted by molar-refractivity contribution is -0.274. The van der Waals surface area contributed by atoms with Crippen LogP contribution in [0.15, 0.2) is 82.9 Å². The van der Waals surface area contributed by atoms with Crippen LogP contribution in [0.5, 0.6) is 5.75 Å². The standard InChI is InChI=1S/C30H31F3N6O3/c1-19-5-2-3-8-26(19)21-13-15-24(16-14-21)39(18-20-9-11-22(12-10-20)27(40)37-28(34)38-35)29(41)36-23-6-4-7-25(17-23)42-30(31,32)33/h4,6-7,9-17,19,26,35H,2-3,5,8,18H2,1H3,(H,36,41)(H2,34,37,40)/p+1. The summed E-state index contributed by atoms with van der Waals surface area (Å²) in [6.07, 6.45) is -0.169. The van der Waals surface area contributed by atoms with Gasteiger partial charge in [-0.05, 0) is 65.8 Å². The molecule has 3 amide bonds. The van der Waals surface area contributed by atoms with Gasteiger partial charge in [0.2, 0.25) is 0 Å². The van der Waals surface area contributed by atoms with Gasteiger partial charge >= 0.3 is 12.4 Å². The first-order valence-corrected chi connectivity index (χ1v) is 13.4. The molecule has 0 aromatic heterocycles. The lowest BCUT2D eigenvalue weighted by atomic mass is 9.76. The van der Waals surface area contributed by atoms with Crippen molar-refractivity contribution in [3.05, 3.63) is 89.5 Å². The van der Waals surface area contributed by atoms with Gasteiger partial charge in [0, 0.05) is 28.1 Å². The van der Waals surface area contributed by atoms with E-state index in [1.807, 2.05) is 24.3 Å². The fourth-order valence-corrected chi connectivity index (χ4v) is 5.09. The van der Waals surface area contributed by atoms with E-state index in [0.29, 0.717) is 23.1 Å². The van der Waals surface area contributed by atoms with E-state index in [2.05, 4.69) is 27.1 Å². The Labute approximate surface area is 241 Å². The molecule has 2 unspecified atom stereocenters. The molecule has 0 heterocycles. The molecule has 1 saturated carbocycles. The Hall–Kier alpha value is -4.74. The monoisotopic (exact) mass is 581 g/mol. The minimum absolute atomic E-state index is 0.0990. The first-order valence-electron chi connectivity index (χ1n) is 13.4. The predicted molar refractivity (Wildman–Crippen MR) is 152 cm³/mol. The number of nitrogens with two attached hydrogens (primary N) is 2. The zero-order chi connectivity index (χ0) is 30.3. The Bertz CT molecular complexity index is 1440. The van der Waals surface area contributed by atoms with Gasteiger partial charge in [-0.25, -0.2) is 4.79 Å². The number of amides is 3. The molecule has 3 aromatic rings. The Morgan fingerprint density at radius 3 is 2.38 bits per heavy atom. The molecule has 4 rings (SSSR count). The van der Waals surface area contributed by atoms with Gasteiger partial charge in [0.05, 0.1) is 6.54 Å². The quantitative estimate of drug-likeness (QED) is 0.185. The topological polar surface area (TPSA) is 135 Å². The third-order valence-corrected chi connectivity index (χ3v) is 7.20. The summed E-state index contributed by atoms with van der Waals surface area (Å²) in [7, 11) is 0. The fourth-order valence-electron chi connectivity index (χ4n) is 5.09. The first-order chi connectivity index (χ1) is 20.0. The van der Waals surface area contributed by atoms with E-state index in [1.54, 1.807) is 12.1 Å². The molecule has 1 fully saturated rings. The summed E-state index contributed by atoms with van der Waals surface area (Å²) in [5, 5.41) is 5.81. The lowest BCUT2D eigenvalue weighted by Gasteiger charge is -2.30. The molecule has 220 valence electrons. The van der Waals surface area contributed by atoms with Crippen LogP contribution in [0.3, 0.4) is 0 Å². The third-order valence-electron chi connectivity index (χ3n) is 7.20. The summed E-state index contributed by atoms with van der Waals surface area (Å²) in [6.45, 7) is 2.36. The van der Waals surface area contributed by atoms with Crippen molar-refractivity contribution in [1.82, 2.24) is 0 Å². The van der Waals surface area contributed by atoms with Crippen LogP contribution >= 0.6 is 0 Å². The maximum Gasteiger partial charge on any atom is 0.573 e. The van der Waals surface area contributed by atoms with Crippen molar-refractivity contribution < 1.29 is 33.0 Å². The van der Waals surface area contributed by atoms with Crippen LogP contribution in [0.2, 0.25) is 0 Å². The number of benzene rings is 3. The Morgan fingerprint density at radius 1 is 1.05 bits per heavy atom. The second-order valence-corrected chi connectivity index (χ2v) is 10.2. The smallest absolute Gasteiger partial charge is 0.406 e. The highest BCUT2D eigenvalue weighted by atomic mass is 19.4. The van der Waals surface area contributed by atoms with E-state index >= 15 is 0 Å². The van der Waals surface area contributed by atoms with E-state index in [0.717, 1.165) is 18.6 Å². The number of nitrogens with one attached hydrogen (secondary N) is 1. The molecule has 9 nitrogen and oxygen atoms in total. The third kappa shape index (κ3) is 8.15. The van der Waals surface area contributed by atoms with Gasteiger partial charge in [0.1, 0.15) is 5.75 Å². The molecule has 3 aromatic carbocycles. The number of halogens is 3. The molecule has 2 atom stereocenters. The molecule has 0 spiro atoms. The largest absolute Gasteiger partial charge is 0.573 e. The summed E-state index contributed by atoms with van der Waals surface area (Å²) in [6, 6.07) is 18.7. The molecule has 1 aliphatic rings. The molecule has 42 heavy (non-hydrogen) atoms. The van der Waals surface area contributed by atoms with E-state index < -0.39 is 24.1 Å². The number of guanidine groups is 1. The molecule has 1 aliphatic carbocycles.